The number of anilines is 1. The number of nitrogens with one attached hydrogen (secondary N) is 1. The van der Waals surface area contributed by atoms with Gasteiger partial charge in [0, 0.05) is 9.86 Å². The zero-order chi connectivity index (χ0) is 14.7. The number of hydrogen-bond acceptors (Lipinski definition) is 5. The van der Waals surface area contributed by atoms with Gasteiger partial charge in [0.1, 0.15) is 12.1 Å². The van der Waals surface area contributed by atoms with Crippen LogP contribution in [0.15, 0.2) is 29.0 Å². The van der Waals surface area contributed by atoms with Crippen LogP contribution in [-0.4, -0.2) is 22.0 Å². The Labute approximate surface area is 125 Å². The number of carboxylic acid groups (broad SMARTS) is 1. The highest BCUT2D eigenvalue weighted by Gasteiger charge is 2.18. The number of carbonyl (C=O) groups excluding carboxylic acids is 1. The molecule has 106 valence electrons. The van der Waals surface area contributed by atoms with Gasteiger partial charge >= 0.3 is 0 Å². The van der Waals surface area contributed by atoms with Crippen LogP contribution in [0.1, 0.15) is 20.3 Å². The predicted octanol–water partition coefficient (Wildman–Crippen LogP) is 1.97. The average Bonchev–Trinajstić information content (AvgIpc) is 2.43. The molecule has 0 amide bonds. The van der Waals surface area contributed by atoms with E-state index in [0.717, 1.165) is 21.8 Å². The Hall–Kier alpha value is -1.69. The van der Waals surface area contributed by atoms with Gasteiger partial charge in [-0.2, -0.15) is 0 Å². The highest BCUT2D eigenvalue weighted by Crippen LogP contribution is 2.24. The molecule has 2 aromatic rings. The number of benzene rings is 1. The molecule has 0 saturated heterocycles. The van der Waals surface area contributed by atoms with Gasteiger partial charge in [0.2, 0.25) is 0 Å². The summed E-state index contributed by atoms with van der Waals surface area (Å²) in [6.07, 6.45) is 2.15. The SMILES string of the molecule is CC[C@@H](C)[C@H](Nc1ncnc2ccc(Br)cc12)C(=O)[O-]. The Bertz CT molecular complexity index is 633. The largest absolute Gasteiger partial charge is 0.548 e. The van der Waals surface area contributed by atoms with Crippen molar-refractivity contribution >= 4 is 38.6 Å². The maximum atomic E-state index is 11.3. The van der Waals surface area contributed by atoms with E-state index in [1.165, 1.54) is 6.33 Å². The van der Waals surface area contributed by atoms with Crippen LogP contribution in [-0.2, 0) is 4.79 Å². The van der Waals surface area contributed by atoms with E-state index in [1.54, 1.807) is 0 Å². The number of nitrogens with zero attached hydrogens (tertiary/aromatic N) is 2. The molecule has 20 heavy (non-hydrogen) atoms. The number of hydrogen-bond donors (Lipinski definition) is 1. The van der Waals surface area contributed by atoms with Crippen molar-refractivity contribution in [2.45, 2.75) is 26.3 Å². The molecular weight excluding hydrogens is 322 g/mol. The summed E-state index contributed by atoms with van der Waals surface area (Å²) in [6.45, 7) is 3.81. The van der Waals surface area contributed by atoms with Crippen LogP contribution in [0.5, 0.6) is 0 Å². The van der Waals surface area contributed by atoms with Crippen molar-refractivity contribution in [1.82, 2.24) is 9.97 Å². The standard InChI is InChI=1S/C14H16BrN3O2/c1-3-8(2)12(14(19)20)18-13-10-6-9(15)4-5-11(10)16-7-17-13/h4-8,12H,3H2,1-2H3,(H,19,20)(H,16,17,18)/p-1/t8-,12+/m1/s1. The Balaban J connectivity index is 2.42. The molecule has 5 nitrogen and oxygen atoms in total. The molecule has 0 spiro atoms. The minimum atomic E-state index is -1.12. The van der Waals surface area contributed by atoms with Crippen LogP contribution in [0.2, 0.25) is 0 Å². The number of carbonyl (C=O) groups is 1. The second-order valence-corrected chi connectivity index (χ2v) is 5.63. The van der Waals surface area contributed by atoms with Crippen LogP contribution in [0.3, 0.4) is 0 Å². The van der Waals surface area contributed by atoms with E-state index >= 15 is 0 Å². The normalized spacial score (nSPS) is 13.9. The first kappa shape index (κ1) is 14.7. The molecule has 1 N–H and O–H groups in total. The lowest BCUT2D eigenvalue weighted by Crippen LogP contribution is -2.45. The van der Waals surface area contributed by atoms with Crippen LogP contribution in [0.25, 0.3) is 10.9 Å². The molecule has 1 aromatic carbocycles. The quantitative estimate of drug-likeness (QED) is 0.903. The Morgan fingerprint density at radius 1 is 1.45 bits per heavy atom. The Kier molecular flexibility index (Phi) is 4.54. The zero-order valence-corrected chi connectivity index (χ0v) is 12.8. The lowest BCUT2D eigenvalue weighted by atomic mass is 9.99. The summed E-state index contributed by atoms with van der Waals surface area (Å²) < 4.78 is 0.886. The molecule has 6 heteroatoms. The lowest BCUT2D eigenvalue weighted by Gasteiger charge is -2.26. The van der Waals surface area contributed by atoms with E-state index in [1.807, 2.05) is 32.0 Å². The van der Waals surface area contributed by atoms with Gasteiger partial charge in [0.05, 0.1) is 17.5 Å². The maximum absolute atomic E-state index is 11.3. The third-order valence-corrected chi connectivity index (χ3v) is 3.85. The number of carboxylic acids is 1. The van der Waals surface area contributed by atoms with E-state index < -0.39 is 12.0 Å². The monoisotopic (exact) mass is 336 g/mol. The Morgan fingerprint density at radius 2 is 2.20 bits per heavy atom. The summed E-state index contributed by atoms with van der Waals surface area (Å²) in [5, 5.41) is 15.0. The molecule has 0 fully saturated rings. The molecule has 0 aliphatic heterocycles. The summed E-state index contributed by atoms with van der Waals surface area (Å²) >= 11 is 3.39. The molecule has 0 bridgehead atoms. The Morgan fingerprint density at radius 3 is 2.85 bits per heavy atom. The predicted molar refractivity (Wildman–Crippen MR) is 79.1 cm³/mol. The van der Waals surface area contributed by atoms with Crippen molar-refractivity contribution in [2.75, 3.05) is 5.32 Å². The van der Waals surface area contributed by atoms with Gasteiger partial charge < -0.3 is 15.2 Å². The number of aromatic nitrogens is 2. The first-order valence-corrected chi connectivity index (χ1v) is 7.20. The molecule has 0 aliphatic carbocycles. The lowest BCUT2D eigenvalue weighted by molar-refractivity contribution is -0.307. The summed E-state index contributed by atoms with van der Waals surface area (Å²) in [5.74, 6) is -0.677. The van der Waals surface area contributed by atoms with Gasteiger partial charge in [-0.3, -0.25) is 0 Å². The van der Waals surface area contributed by atoms with E-state index in [2.05, 4.69) is 31.2 Å². The van der Waals surface area contributed by atoms with Gasteiger partial charge in [-0.1, -0.05) is 36.2 Å². The van der Waals surface area contributed by atoms with Crippen molar-refractivity contribution in [3.8, 4) is 0 Å². The highest BCUT2D eigenvalue weighted by molar-refractivity contribution is 9.10. The summed E-state index contributed by atoms with van der Waals surface area (Å²) in [7, 11) is 0. The van der Waals surface area contributed by atoms with Crippen LogP contribution in [0.4, 0.5) is 5.82 Å². The minimum absolute atomic E-state index is 0.0582. The number of aliphatic carboxylic acids is 1. The maximum Gasteiger partial charge on any atom is 0.137 e. The van der Waals surface area contributed by atoms with Crippen molar-refractivity contribution in [1.29, 1.82) is 0 Å². The average molecular weight is 337 g/mol. The molecule has 1 aromatic heterocycles. The molecule has 0 radical (unpaired) electrons. The minimum Gasteiger partial charge on any atom is -0.548 e. The van der Waals surface area contributed by atoms with Crippen LogP contribution >= 0.6 is 15.9 Å². The van der Waals surface area contributed by atoms with Gasteiger partial charge in [-0.05, 0) is 24.1 Å². The first-order chi connectivity index (χ1) is 9.52. The smallest absolute Gasteiger partial charge is 0.137 e. The fourth-order valence-electron chi connectivity index (χ4n) is 1.96. The van der Waals surface area contributed by atoms with E-state index in [-0.39, 0.29) is 5.92 Å². The first-order valence-electron chi connectivity index (χ1n) is 6.40. The molecular formula is C14H15BrN3O2-. The number of rotatable bonds is 5. The van der Waals surface area contributed by atoms with Gasteiger partial charge in [-0.15, -0.1) is 0 Å². The summed E-state index contributed by atoms with van der Waals surface area (Å²) in [4.78, 5) is 19.6. The third-order valence-electron chi connectivity index (χ3n) is 3.36. The third kappa shape index (κ3) is 3.07. The van der Waals surface area contributed by atoms with Crippen molar-refractivity contribution in [3.63, 3.8) is 0 Å². The fraction of sp³-hybridized carbons (Fsp3) is 0.357. The molecule has 1 heterocycles. The van der Waals surface area contributed by atoms with Gasteiger partial charge in [0.25, 0.3) is 0 Å². The molecule has 0 saturated carbocycles. The van der Waals surface area contributed by atoms with E-state index in [4.69, 9.17) is 0 Å². The van der Waals surface area contributed by atoms with Gasteiger partial charge in [-0.25, -0.2) is 9.97 Å². The van der Waals surface area contributed by atoms with Crippen LogP contribution in [0, 0.1) is 5.92 Å². The number of halogens is 1. The zero-order valence-electron chi connectivity index (χ0n) is 11.3. The molecule has 2 rings (SSSR count). The molecule has 0 unspecified atom stereocenters. The molecule has 2 atom stereocenters. The fourth-order valence-corrected chi connectivity index (χ4v) is 2.32. The molecule has 0 aliphatic rings. The van der Waals surface area contributed by atoms with E-state index in [0.29, 0.717) is 5.82 Å². The summed E-state index contributed by atoms with van der Waals surface area (Å²) in [6, 6.07) is 4.81. The highest BCUT2D eigenvalue weighted by atomic mass is 79.9. The second kappa shape index (κ2) is 6.17. The topological polar surface area (TPSA) is 77.9 Å². The second-order valence-electron chi connectivity index (χ2n) is 4.71. The van der Waals surface area contributed by atoms with Crippen molar-refractivity contribution in [2.24, 2.45) is 5.92 Å². The van der Waals surface area contributed by atoms with Gasteiger partial charge in [0.15, 0.2) is 0 Å². The number of fused-ring (bicyclic) bond motifs is 1. The van der Waals surface area contributed by atoms with Crippen molar-refractivity contribution in [3.05, 3.63) is 29.0 Å². The van der Waals surface area contributed by atoms with E-state index in [9.17, 15) is 9.90 Å². The van der Waals surface area contributed by atoms with Crippen LogP contribution < -0.4 is 10.4 Å². The summed E-state index contributed by atoms with van der Waals surface area (Å²) in [5.41, 5.74) is 0.756. The van der Waals surface area contributed by atoms with Crippen molar-refractivity contribution < 1.29 is 9.90 Å².